The minimum Gasteiger partial charge on any atom is -0.419 e. The molecule has 1 heterocycles. The van der Waals surface area contributed by atoms with Crippen molar-refractivity contribution in [1.82, 2.24) is 10.2 Å². The number of hydrogen-bond donors (Lipinski definition) is 1. The minimum atomic E-state index is -4.44. The SMILES string of the molecule is Cc1ccc(-c2nnc(CNc3cc(C(F)(F)F)ccc3Cl)o2)cc1. The van der Waals surface area contributed by atoms with Crippen molar-refractivity contribution in [2.45, 2.75) is 19.6 Å². The molecule has 0 amide bonds. The Balaban J connectivity index is 1.73. The number of halogens is 4. The van der Waals surface area contributed by atoms with Crippen molar-refractivity contribution in [2.75, 3.05) is 5.32 Å². The summed E-state index contributed by atoms with van der Waals surface area (Å²) in [6.07, 6.45) is -4.44. The van der Waals surface area contributed by atoms with Crippen molar-refractivity contribution in [3.05, 3.63) is 64.5 Å². The maximum Gasteiger partial charge on any atom is 0.416 e. The van der Waals surface area contributed by atoms with Crippen LogP contribution in [0.1, 0.15) is 17.0 Å². The van der Waals surface area contributed by atoms with E-state index in [-0.39, 0.29) is 23.1 Å². The van der Waals surface area contributed by atoms with Gasteiger partial charge in [-0.25, -0.2) is 0 Å². The standard InChI is InChI=1S/C17H13ClF3N3O/c1-10-2-4-11(5-3-10)16-24-23-15(25-16)9-22-14-8-12(17(19,20)21)6-7-13(14)18/h2-8,22H,9H2,1H3. The van der Waals surface area contributed by atoms with Crippen molar-refractivity contribution < 1.29 is 17.6 Å². The lowest BCUT2D eigenvalue weighted by atomic mass is 10.1. The Morgan fingerprint density at radius 3 is 2.48 bits per heavy atom. The van der Waals surface area contributed by atoms with E-state index in [2.05, 4.69) is 15.5 Å². The molecule has 130 valence electrons. The number of aromatic nitrogens is 2. The number of hydrogen-bond acceptors (Lipinski definition) is 4. The fourth-order valence-electron chi connectivity index (χ4n) is 2.15. The molecule has 0 unspecified atom stereocenters. The first kappa shape index (κ1) is 17.3. The van der Waals surface area contributed by atoms with Gasteiger partial charge in [0.2, 0.25) is 11.8 Å². The molecule has 4 nitrogen and oxygen atoms in total. The molecule has 0 spiro atoms. The highest BCUT2D eigenvalue weighted by Crippen LogP contribution is 2.34. The van der Waals surface area contributed by atoms with Crippen molar-refractivity contribution in [2.24, 2.45) is 0 Å². The molecular formula is C17H13ClF3N3O. The van der Waals surface area contributed by atoms with Gasteiger partial charge in [-0.3, -0.25) is 0 Å². The quantitative estimate of drug-likeness (QED) is 0.677. The highest BCUT2D eigenvalue weighted by Gasteiger charge is 2.31. The number of benzene rings is 2. The average molecular weight is 368 g/mol. The first-order valence-electron chi connectivity index (χ1n) is 7.33. The molecule has 0 atom stereocenters. The Bertz CT molecular complexity index is 876. The summed E-state index contributed by atoms with van der Waals surface area (Å²) in [4.78, 5) is 0. The van der Waals surface area contributed by atoms with E-state index in [9.17, 15) is 13.2 Å². The van der Waals surface area contributed by atoms with Crippen molar-refractivity contribution >= 4 is 17.3 Å². The molecule has 2 aromatic carbocycles. The molecule has 0 aliphatic rings. The summed E-state index contributed by atoms with van der Waals surface area (Å²) in [5, 5.41) is 10.8. The summed E-state index contributed by atoms with van der Waals surface area (Å²) in [6.45, 7) is 2.02. The Morgan fingerprint density at radius 2 is 1.80 bits per heavy atom. The number of aryl methyl sites for hydroxylation is 1. The highest BCUT2D eigenvalue weighted by molar-refractivity contribution is 6.33. The molecule has 25 heavy (non-hydrogen) atoms. The van der Waals surface area contributed by atoms with E-state index in [4.69, 9.17) is 16.0 Å². The van der Waals surface area contributed by atoms with E-state index >= 15 is 0 Å². The first-order chi connectivity index (χ1) is 11.8. The van der Waals surface area contributed by atoms with Crippen LogP contribution >= 0.6 is 11.6 Å². The second-order valence-electron chi connectivity index (χ2n) is 5.41. The second-order valence-corrected chi connectivity index (χ2v) is 5.82. The summed E-state index contributed by atoms with van der Waals surface area (Å²) in [7, 11) is 0. The zero-order chi connectivity index (χ0) is 18.0. The van der Waals surface area contributed by atoms with E-state index in [0.717, 1.165) is 23.3 Å². The predicted molar refractivity (Wildman–Crippen MR) is 88.3 cm³/mol. The molecule has 0 aliphatic carbocycles. The molecule has 0 saturated heterocycles. The molecule has 0 fully saturated rings. The largest absolute Gasteiger partial charge is 0.419 e. The van der Waals surface area contributed by atoms with Crippen LogP contribution in [0, 0.1) is 6.92 Å². The van der Waals surface area contributed by atoms with Gasteiger partial charge in [0.05, 0.1) is 22.8 Å². The van der Waals surface area contributed by atoms with Crippen LogP contribution in [0.15, 0.2) is 46.9 Å². The summed E-state index contributed by atoms with van der Waals surface area (Å²) >= 11 is 5.93. The van der Waals surface area contributed by atoms with Crippen LogP contribution in [0.3, 0.4) is 0 Å². The molecule has 0 radical (unpaired) electrons. The summed E-state index contributed by atoms with van der Waals surface area (Å²) in [5.74, 6) is 0.580. The molecule has 0 bridgehead atoms. The van der Waals surface area contributed by atoms with Gasteiger partial charge >= 0.3 is 6.18 Å². The molecule has 8 heteroatoms. The van der Waals surface area contributed by atoms with Gasteiger partial charge in [-0.2, -0.15) is 13.2 Å². The molecule has 0 aliphatic heterocycles. The minimum absolute atomic E-state index is 0.0554. The maximum absolute atomic E-state index is 12.8. The fraction of sp³-hybridized carbons (Fsp3) is 0.176. The molecule has 0 saturated carbocycles. The van der Waals surface area contributed by atoms with E-state index in [1.165, 1.54) is 6.07 Å². The van der Waals surface area contributed by atoms with Gasteiger partial charge in [-0.05, 0) is 37.3 Å². The van der Waals surface area contributed by atoms with Crippen LogP contribution in [0.25, 0.3) is 11.5 Å². The molecule has 1 aromatic heterocycles. The number of alkyl halides is 3. The van der Waals surface area contributed by atoms with Gasteiger partial charge in [0.1, 0.15) is 0 Å². The average Bonchev–Trinajstić information content (AvgIpc) is 3.02. The Labute approximate surface area is 146 Å². The molecule has 3 aromatic rings. The Hall–Kier alpha value is -2.54. The second kappa shape index (κ2) is 6.76. The van der Waals surface area contributed by atoms with Gasteiger partial charge in [0.15, 0.2) is 0 Å². The normalized spacial score (nSPS) is 11.6. The van der Waals surface area contributed by atoms with Crippen LogP contribution in [0.5, 0.6) is 0 Å². The van der Waals surface area contributed by atoms with Crippen LogP contribution < -0.4 is 5.32 Å². The van der Waals surface area contributed by atoms with Gasteiger partial charge in [0.25, 0.3) is 0 Å². The molecule has 1 N–H and O–H groups in total. The van der Waals surface area contributed by atoms with Gasteiger partial charge < -0.3 is 9.73 Å². The Kier molecular flexibility index (Phi) is 4.67. The lowest BCUT2D eigenvalue weighted by Crippen LogP contribution is -2.07. The smallest absolute Gasteiger partial charge is 0.416 e. The lowest BCUT2D eigenvalue weighted by molar-refractivity contribution is -0.137. The van der Waals surface area contributed by atoms with Gasteiger partial charge in [-0.15, -0.1) is 10.2 Å². The first-order valence-corrected chi connectivity index (χ1v) is 7.71. The van der Waals surface area contributed by atoms with Crippen LogP contribution in [0.4, 0.5) is 18.9 Å². The molecule has 3 rings (SSSR count). The third kappa shape index (κ3) is 4.11. The fourth-order valence-corrected chi connectivity index (χ4v) is 2.33. The van der Waals surface area contributed by atoms with E-state index in [1.54, 1.807) is 0 Å². The third-order valence-electron chi connectivity index (χ3n) is 3.49. The number of anilines is 1. The van der Waals surface area contributed by atoms with Crippen molar-refractivity contribution in [3.63, 3.8) is 0 Å². The van der Waals surface area contributed by atoms with Crippen LogP contribution in [0.2, 0.25) is 5.02 Å². The van der Waals surface area contributed by atoms with E-state index in [1.807, 2.05) is 31.2 Å². The third-order valence-corrected chi connectivity index (χ3v) is 3.82. The monoisotopic (exact) mass is 367 g/mol. The summed E-state index contributed by atoms with van der Waals surface area (Å²) in [6, 6.07) is 10.6. The number of rotatable bonds is 4. The topological polar surface area (TPSA) is 51.0 Å². The van der Waals surface area contributed by atoms with Gasteiger partial charge in [0, 0.05) is 5.56 Å². The highest BCUT2D eigenvalue weighted by atomic mass is 35.5. The van der Waals surface area contributed by atoms with Crippen LogP contribution in [-0.4, -0.2) is 10.2 Å². The Morgan fingerprint density at radius 1 is 1.08 bits per heavy atom. The zero-order valence-corrected chi connectivity index (χ0v) is 13.8. The van der Waals surface area contributed by atoms with Gasteiger partial charge in [-0.1, -0.05) is 29.3 Å². The van der Waals surface area contributed by atoms with Crippen molar-refractivity contribution in [3.8, 4) is 11.5 Å². The lowest BCUT2D eigenvalue weighted by Gasteiger charge is -2.11. The summed E-state index contributed by atoms with van der Waals surface area (Å²) < 4.78 is 43.8. The predicted octanol–water partition coefficient (Wildman–Crippen LogP) is 5.33. The zero-order valence-electron chi connectivity index (χ0n) is 13.1. The number of nitrogens with one attached hydrogen (secondary N) is 1. The summed E-state index contributed by atoms with van der Waals surface area (Å²) in [5.41, 5.74) is 1.22. The van der Waals surface area contributed by atoms with E-state index < -0.39 is 11.7 Å². The molecular weight excluding hydrogens is 355 g/mol. The van der Waals surface area contributed by atoms with E-state index in [0.29, 0.717) is 5.89 Å². The maximum atomic E-state index is 12.8. The van der Waals surface area contributed by atoms with Crippen molar-refractivity contribution in [1.29, 1.82) is 0 Å². The number of nitrogens with zero attached hydrogens (tertiary/aromatic N) is 2. The van der Waals surface area contributed by atoms with Crippen LogP contribution in [-0.2, 0) is 12.7 Å².